The number of thiophene rings is 1. The normalized spacial score (nSPS) is 11.8. The van der Waals surface area contributed by atoms with Crippen molar-refractivity contribution < 1.29 is 22.6 Å². The molecule has 0 unspecified atom stereocenters. The van der Waals surface area contributed by atoms with Crippen molar-refractivity contribution in [3.8, 4) is 21.9 Å². The number of benzene rings is 2. The minimum absolute atomic E-state index is 0.175. The highest BCUT2D eigenvalue weighted by atomic mass is 32.1. The molecule has 0 aliphatic heterocycles. The number of fused-ring (bicyclic) bond motifs is 1. The molecule has 0 fully saturated rings. The Bertz CT molecular complexity index is 1320. The van der Waals surface area contributed by atoms with Crippen LogP contribution in [0.1, 0.15) is 11.4 Å². The highest BCUT2D eigenvalue weighted by molar-refractivity contribution is 7.22. The van der Waals surface area contributed by atoms with E-state index in [1.807, 2.05) is 30.3 Å². The van der Waals surface area contributed by atoms with Gasteiger partial charge in [0.2, 0.25) is 0 Å². The summed E-state index contributed by atoms with van der Waals surface area (Å²) in [6, 6.07) is 15.3. The Morgan fingerprint density at radius 2 is 1.82 bits per heavy atom. The van der Waals surface area contributed by atoms with Crippen molar-refractivity contribution in [1.82, 2.24) is 14.9 Å². The molecule has 172 valence electrons. The summed E-state index contributed by atoms with van der Waals surface area (Å²) in [5, 5.41) is 0. The van der Waals surface area contributed by atoms with Crippen LogP contribution in [0.2, 0.25) is 0 Å². The number of halogens is 3. The van der Waals surface area contributed by atoms with Gasteiger partial charge in [-0.05, 0) is 49.0 Å². The first-order valence-corrected chi connectivity index (χ1v) is 10.7. The topological polar surface area (TPSA) is 67.5 Å². The zero-order chi connectivity index (χ0) is 23.6. The number of rotatable bonds is 7. The molecule has 4 rings (SSSR count). The first-order chi connectivity index (χ1) is 15.7. The summed E-state index contributed by atoms with van der Waals surface area (Å²) in [4.78, 5) is 22.6. The second-order valence-electron chi connectivity index (χ2n) is 7.39. The molecule has 0 radical (unpaired) electrons. The number of aromatic amines is 1. The molecule has 0 saturated carbocycles. The van der Waals surface area contributed by atoms with Crippen LogP contribution >= 0.6 is 11.3 Å². The summed E-state index contributed by atoms with van der Waals surface area (Å²) < 4.78 is 47.8. The predicted molar refractivity (Wildman–Crippen MR) is 121 cm³/mol. The highest BCUT2D eigenvalue weighted by Crippen LogP contribution is 2.32. The van der Waals surface area contributed by atoms with Gasteiger partial charge in [-0.2, -0.15) is 0 Å². The van der Waals surface area contributed by atoms with Crippen molar-refractivity contribution in [2.75, 3.05) is 14.2 Å². The third-order valence-electron chi connectivity index (χ3n) is 4.86. The maximum atomic E-state index is 12.7. The number of hydrogen-bond acceptors (Lipinski definition) is 6. The molecular weight excluding hydrogens is 455 g/mol. The zero-order valence-electron chi connectivity index (χ0n) is 17.8. The monoisotopic (exact) mass is 475 g/mol. The Kier molecular flexibility index (Phi) is 6.39. The summed E-state index contributed by atoms with van der Waals surface area (Å²) in [5.74, 6) is 0.905. The maximum Gasteiger partial charge on any atom is 0.573 e. The van der Waals surface area contributed by atoms with Crippen LogP contribution in [-0.2, 0) is 13.1 Å². The van der Waals surface area contributed by atoms with E-state index in [0.717, 1.165) is 16.2 Å². The summed E-state index contributed by atoms with van der Waals surface area (Å²) in [6.07, 6.45) is -4.77. The van der Waals surface area contributed by atoms with Crippen LogP contribution in [0.4, 0.5) is 13.2 Å². The highest BCUT2D eigenvalue weighted by Gasteiger charge is 2.32. The van der Waals surface area contributed by atoms with E-state index in [1.54, 1.807) is 31.2 Å². The first kappa shape index (κ1) is 22.8. The molecule has 0 aliphatic rings. The molecule has 0 atom stereocenters. The van der Waals surface area contributed by atoms with Gasteiger partial charge in [0.05, 0.1) is 19.2 Å². The minimum Gasteiger partial charge on any atom is -0.497 e. The number of hydrogen-bond donors (Lipinski definition) is 1. The van der Waals surface area contributed by atoms with E-state index < -0.39 is 6.36 Å². The van der Waals surface area contributed by atoms with Gasteiger partial charge in [-0.25, -0.2) is 4.98 Å². The van der Waals surface area contributed by atoms with Crippen LogP contribution in [0.5, 0.6) is 11.5 Å². The molecule has 4 aromatic rings. The lowest BCUT2D eigenvalue weighted by Crippen LogP contribution is -2.23. The van der Waals surface area contributed by atoms with E-state index in [-0.39, 0.29) is 24.4 Å². The van der Waals surface area contributed by atoms with Crippen molar-refractivity contribution in [3.63, 3.8) is 0 Å². The van der Waals surface area contributed by atoms with Crippen LogP contribution in [0, 0.1) is 0 Å². The van der Waals surface area contributed by atoms with E-state index in [0.29, 0.717) is 21.6 Å². The average Bonchev–Trinajstić information content (AvgIpc) is 3.19. The second-order valence-corrected chi connectivity index (χ2v) is 8.45. The molecule has 2 heterocycles. The number of nitrogens with one attached hydrogen (secondary N) is 1. The first-order valence-electron chi connectivity index (χ1n) is 9.91. The number of aromatic nitrogens is 2. The lowest BCUT2D eigenvalue weighted by atomic mass is 10.2. The fraction of sp³-hybridized carbons (Fsp3) is 0.217. The van der Waals surface area contributed by atoms with E-state index in [4.69, 9.17) is 4.74 Å². The maximum absolute atomic E-state index is 12.7. The standard InChI is InChI=1S/C23H20F3N3O3S/c1-29(12-15-5-3-4-6-18(15)32-23(24,25)26)13-20-27-17-11-19(33-21(17)22(30)28-20)14-7-9-16(31-2)10-8-14/h3-11H,12-13H2,1-2H3,(H,27,28,30). The van der Waals surface area contributed by atoms with Crippen molar-refractivity contribution in [2.24, 2.45) is 0 Å². The van der Waals surface area contributed by atoms with Crippen LogP contribution in [-0.4, -0.2) is 35.4 Å². The average molecular weight is 475 g/mol. The van der Waals surface area contributed by atoms with Crippen molar-refractivity contribution >= 4 is 21.6 Å². The Hall–Kier alpha value is -3.37. The van der Waals surface area contributed by atoms with Gasteiger partial charge >= 0.3 is 6.36 Å². The largest absolute Gasteiger partial charge is 0.573 e. The fourth-order valence-corrected chi connectivity index (χ4v) is 4.42. The Labute approximate surface area is 191 Å². The van der Waals surface area contributed by atoms with Crippen molar-refractivity contribution in [3.05, 3.63) is 76.3 Å². The van der Waals surface area contributed by atoms with E-state index in [2.05, 4.69) is 14.7 Å². The molecule has 1 N–H and O–H groups in total. The predicted octanol–water partition coefficient (Wildman–Crippen LogP) is 5.19. The van der Waals surface area contributed by atoms with Gasteiger partial charge in [-0.15, -0.1) is 24.5 Å². The van der Waals surface area contributed by atoms with Gasteiger partial charge in [0.15, 0.2) is 0 Å². The SMILES string of the molecule is COc1ccc(-c2cc3nc(CN(C)Cc4ccccc4OC(F)(F)F)[nH]c(=O)c3s2)cc1. The number of methoxy groups -OCH3 is 1. The van der Waals surface area contributed by atoms with Gasteiger partial charge in [-0.3, -0.25) is 9.69 Å². The summed E-state index contributed by atoms with van der Waals surface area (Å²) in [7, 11) is 3.32. The number of H-pyrrole nitrogens is 1. The van der Waals surface area contributed by atoms with Gasteiger partial charge < -0.3 is 14.5 Å². The molecule has 6 nitrogen and oxygen atoms in total. The van der Waals surface area contributed by atoms with Crippen molar-refractivity contribution in [2.45, 2.75) is 19.5 Å². The molecule has 0 saturated heterocycles. The summed E-state index contributed by atoms with van der Waals surface area (Å²) >= 11 is 1.34. The molecule has 10 heteroatoms. The van der Waals surface area contributed by atoms with Gasteiger partial charge in [0, 0.05) is 17.0 Å². The molecule has 33 heavy (non-hydrogen) atoms. The van der Waals surface area contributed by atoms with E-state index in [9.17, 15) is 18.0 Å². The lowest BCUT2D eigenvalue weighted by Gasteiger charge is -2.19. The van der Waals surface area contributed by atoms with Gasteiger partial charge in [-0.1, -0.05) is 18.2 Å². The van der Waals surface area contributed by atoms with Crippen LogP contribution in [0.3, 0.4) is 0 Å². The lowest BCUT2D eigenvalue weighted by molar-refractivity contribution is -0.275. The summed E-state index contributed by atoms with van der Waals surface area (Å²) in [5.41, 5.74) is 1.63. The quantitative estimate of drug-likeness (QED) is 0.399. The van der Waals surface area contributed by atoms with E-state index >= 15 is 0 Å². The minimum atomic E-state index is -4.77. The summed E-state index contributed by atoms with van der Waals surface area (Å²) in [6.45, 7) is 0.411. The number of nitrogens with zero attached hydrogens (tertiary/aromatic N) is 2. The molecule has 0 amide bonds. The third kappa shape index (κ3) is 5.52. The number of ether oxygens (including phenoxy) is 2. The van der Waals surface area contributed by atoms with Crippen LogP contribution < -0.4 is 15.0 Å². The third-order valence-corrected chi connectivity index (χ3v) is 6.04. The number of alkyl halides is 3. The fourth-order valence-electron chi connectivity index (χ4n) is 3.42. The molecule has 2 aromatic carbocycles. The molecule has 0 spiro atoms. The Morgan fingerprint density at radius 3 is 2.52 bits per heavy atom. The van der Waals surface area contributed by atoms with Gasteiger partial charge in [0.1, 0.15) is 22.0 Å². The van der Waals surface area contributed by atoms with Crippen LogP contribution in [0.15, 0.2) is 59.4 Å². The van der Waals surface area contributed by atoms with Gasteiger partial charge in [0.25, 0.3) is 5.56 Å². The zero-order valence-corrected chi connectivity index (χ0v) is 18.6. The Balaban J connectivity index is 1.54. The number of para-hydroxylation sites is 1. The van der Waals surface area contributed by atoms with E-state index in [1.165, 1.54) is 23.5 Å². The smallest absolute Gasteiger partial charge is 0.497 e. The second kappa shape index (κ2) is 9.24. The molecule has 0 aliphatic carbocycles. The van der Waals surface area contributed by atoms with Crippen LogP contribution in [0.25, 0.3) is 20.7 Å². The molecule has 2 aromatic heterocycles. The Morgan fingerprint density at radius 1 is 1.09 bits per heavy atom. The molecular formula is C23H20F3N3O3S. The molecule has 0 bridgehead atoms. The van der Waals surface area contributed by atoms with Crippen molar-refractivity contribution in [1.29, 1.82) is 0 Å².